The van der Waals surface area contributed by atoms with Crippen LogP contribution < -0.4 is 0 Å². The summed E-state index contributed by atoms with van der Waals surface area (Å²) in [4.78, 5) is 18.5. The molecule has 1 saturated heterocycles. The van der Waals surface area contributed by atoms with Crippen molar-refractivity contribution in [3.05, 3.63) is 47.5 Å². The summed E-state index contributed by atoms with van der Waals surface area (Å²) < 4.78 is 7.62. The summed E-state index contributed by atoms with van der Waals surface area (Å²) in [6, 6.07) is 5.70. The lowest BCUT2D eigenvalue weighted by atomic mass is 10.1. The number of rotatable bonds is 3. The molecule has 116 valence electrons. The largest absolute Gasteiger partial charge is 0.370 e. The fourth-order valence-electron chi connectivity index (χ4n) is 2.71. The lowest BCUT2D eigenvalue weighted by Crippen LogP contribution is -2.42. The van der Waals surface area contributed by atoms with Gasteiger partial charge in [-0.15, -0.1) is 0 Å². The van der Waals surface area contributed by atoms with E-state index in [1.54, 1.807) is 12.4 Å². The van der Waals surface area contributed by atoms with Crippen LogP contribution in [0.1, 0.15) is 34.8 Å². The Labute approximate surface area is 129 Å². The van der Waals surface area contributed by atoms with Gasteiger partial charge in [0.15, 0.2) is 5.69 Å². The first-order valence-electron chi connectivity index (χ1n) is 7.54. The van der Waals surface area contributed by atoms with E-state index in [1.807, 2.05) is 41.6 Å². The van der Waals surface area contributed by atoms with Gasteiger partial charge in [0, 0.05) is 31.2 Å². The van der Waals surface area contributed by atoms with Crippen molar-refractivity contribution in [2.24, 2.45) is 0 Å². The van der Waals surface area contributed by atoms with Crippen molar-refractivity contribution >= 4 is 5.91 Å². The first-order chi connectivity index (χ1) is 10.7. The minimum atomic E-state index is -0.102. The van der Waals surface area contributed by atoms with Crippen LogP contribution in [0.4, 0.5) is 0 Å². The van der Waals surface area contributed by atoms with E-state index in [-0.39, 0.29) is 12.0 Å². The number of aryl methyl sites for hydroxylation is 2. The van der Waals surface area contributed by atoms with E-state index in [4.69, 9.17) is 4.74 Å². The smallest absolute Gasteiger partial charge is 0.274 e. The molecule has 1 atom stereocenters. The third-order valence-corrected chi connectivity index (χ3v) is 3.93. The molecule has 0 unspecified atom stereocenters. The number of pyridine rings is 1. The predicted octanol–water partition coefficient (Wildman–Crippen LogP) is 1.82. The number of morpholine rings is 1. The summed E-state index contributed by atoms with van der Waals surface area (Å²) in [7, 11) is 0. The molecule has 0 N–H and O–H groups in total. The Morgan fingerprint density at radius 1 is 1.41 bits per heavy atom. The van der Waals surface area contributed by atoms with Crippen LogP contribution in [-0.4, -0.2) is 45.3 Å². The van der Waals surface area contributed by atoms with Gasteiger partial charge < -0.3 is 9.64 Å². The van der Waals surface area contributed by atoms with E-state index in [0.29, 0.717) is 25.4 Å². The zero-order chi connectivity index (χ0) is 15.5. The molecule has 6 nitrogen and oxygen atoms in total. The highest BCUT2D eigenvalue weighted by Crippen LogP contribution is 2.22. The molecule has 2 aromatic rings. The molecule has 1 amide bonds. The minimum absolute atomic E-state index is 0.0299. The quantitative estimate of drug-likeness (QED) is 0.867. The third kappa shape index (κ3) is 2.87. The van der Waals surface area contributed by atoms with Gasteiger partial charge in [-0.2, -0.15) is 5.10 Å². The van der Waals surface area contributed by atoms with Crippen LogP contribution in [0.5, 0.6) is 0 Å². The van der Waals surface area contributed by atoms with Gasteiger partial charge in [-0.3, -0.25) is 14.5 Å². The summed E-state index contributed by atoms with van der Waals surface area (Å²) in [6.07, 6.45) is 3.38. The molecule has 1 fully saturated rings. The minimum Gasteiger partial charge on any atom is -0.370 e. The standard InChI is InChI=1S/C16H20N4O2/c1-3-20-12(2)10-14(18-20)16(21)19-8-9-22-15(11-19)13-4-6-17-7-5-13/h4-7,10,15H,3,8-9,11H2,1-2H3/t15-/m0/s1. The van der Waals surface area contributed by atoms with Crippen molar-refractivity contribution in [3.8, 4) is 0 Å². The second-order valence-corrected chi connectivity index (χ2v) is 5.38. The maximum atomic E-state index is 12.6. The Hall–Kier alpha value is -2.21. The van der Waals surface area contributed by atoms with Gasteiger partial charge in [-0.1, -0.05) is 0 Å². The highest BCUT2D eigenvalue weighted by molar-refractivity contribution is 5.92. The molecule has 3 rings (SSSR count). The van der Waals surface area contributed by atoms with Crippen molar-refractivity contribution in [2.45, 2.75) is 26.5 Å². The normalized spacial score (nSPS) is 18.5. The summed E-state index contributed by atoms with van der Waals surface area (Å²) in [5, 5.41) is 4.38. The molecular weight excluding hydrogens is 280 g/mol. The number of nitrogens with zero attached hydrogens (tertiary/aromatic N) is 4. The van der Waals surface area contributed by atoms with Crippen LogP contribution in [0, 0.1) is 6.92 Å². The van der Waals surface area contributed by atoms with Crippen molar-refractivity contribution < 1.29 is 9.53 Å². The zero-order valence-corrected chi connectivity index (χ0v) is 12.9. The average molecular weight is 300 g/mol. The molecule has 0 bridgehead atoms. The molecule has 3 heterocycles. The Morgan fingerprint density at radius 2 is 2.18 bits per heavy atom. The average Bonchev–Trinajstić information content (AvgIpc) is 2.96. The Bertz CT molecular complexity index is 653. The summed E-state index contributed by atoms with van der Waals surface area (Å²) in [6.45, 7) is 6.42. The van der Waals surface area contributed by atoms with Crippen molar-refractivity contribution in [3.63, 3.8) is 0 Å². The van der Waals surface area contributed by atoms with Crippen LogP contribution in [0.3, 0.4) is 0 Å². The van der Waals surface area contributed by atoms with Gasteiger partial charge in [0.2, 0.25) is 0 Å². The van der Waals surface area contributed by atoms with E-state index in [1.165, 1.54) is 0 Å². The van der Waals surface area contributed by atoms with Crippen molar-refractivity contribution in [2.75, 3.05) is 19.7 Å². The molecule has 0 radical (unpaired) electrons. The Morgan fingerprint density at radius 3 is 2.86 bits per heavy atom. The number of hydrogen-bond acceptors (Lipinski definition) is 4. The summed E-state index contributed by atoms with van der Waals surface area (Å²) >= 11 is 0. The summed E-state index contributed by atoms with van der Waals surface area (Å²) in [5.74, 6) is -0.0299. The number of carbonyl (C=O) groups excluding carboxylic acids is 1. The number of ether oxygens (including phenoxy) is 1. The Balaban J connectivity index is 1.75. The van der Waals surface area contributed by atoms with Crippen molar-refractivity contribution in [1.29, 1.82) is 0 Å². The molecule has 1 aliphatic heterocycles. The highest BCUT2D eigenvalue weighted by atomic mass is 16.5. The second-order valence-electron chi connectivity index (χ2n) is 5.38. The topological polar surface area (TPSA) is 60.2 Å². The molecule has 0 saturated carbocycles. The van der Waals surface area contributed by atoms with E-state index < -0.39 is 0 Å². The molecular formula is C16H20N4O2. The molecule has 0 aromatic carbocycles. The number of hydrogen-bond donors (Lipinski definition) is 0. The maximum Gasteiger partial charge on any atom is 0.274 e. The van der Waals surface area contributed by atoms with Gasteiger partial charge in [0.25, 0.3) is 5.91 Å². The number of carbonyl (C=O) groups is 1. The molecule has 0 spiro atoms. The van der Waals surface area contributed by atoms with E-state index in [0.717, 1.165) is 17.8 Å². The third-order valence-electron chi connectivity index (χ3n) is 3.93. The van der Waals surface area contributed by atoms with Crippen LogP contribution in [-0.2, 0) is 11.3 Å². The predicted molar refractivity (Wildman–Crippen MR) is 81.5 cm³/mol. The second kappa shape index (κ2) is 6.27. The summed E-state index contributed by atoms with van der Waals surface area (Å²) in [5.41, 5.74) is 2.56. The van der Waals surface area contributed by atoms with Crippen LogP contribution >= 0.6 is 0 Å². The molecule has 6 heteroatoms. The lowest BCUT2D eigenvalue weighted by Gasteiger charge is -2.32. The maximum absolute atomic E-state index is 12.6. The molecule has 0 aliphatic carbocycles. The van der Waals surface area contributed by atoms with Gasteiger partial charge in [-0.25, -0.2) is 0 Å². The molecule has 22 heavy (non-hydrogen) atoms. The highest BCUT2D eigenvalue weighted by Gasteiger charge is 2.27. The van der Waals surface area contributed by atoms with Crippen LogP contribution in [0.15, 0.2) is 30.6 Å². The Kier molecular flexibility index (Phi) is 4.20. The van der Waals surface area contributed by atoms with E-state index in [2.05, 4.69) is 10.1 Å². The van der Waals surface area contributed by atoms with E-state index in [9.17, 15) is 4.79 Å². The molecule has 1 aliphatic rings. The lowest BCUT2D eigenvalue weighted by molar-refractivity contribution is -0.0230. The fourth-order valence-corrected chi connectivity index (χ4v) is 2.71. The zero-order valence-electron chi connectivity index (χ0n) is 12.9. The van der Waals surface area contributed by atoms with Gasteiger partial charge in [0.1, 0.15) is 6.10 Å². The fraction of sp³-hybridized carbons (Fsp3) is 0.438. The number of aromatic nitrogens is 3. The monoisotopic (exact) mass is 300 g/mol. The first-order valence-corrected chi connectivity index (χ1v) is 7.54. The van der Waals surface area contributed by atoms with Crippen LogP contribution in [0.25, 0.3) is 0 Å². The van der Waals surface area contributed by atoms with Gasteiger partial charge in [0.05, 0.1) is 13.2 Å². The van der Waals surface area contributed by atoms with Gasteiger partial charge in [-0.05, 0) is 37.6 Å². The van der Waals surface area contributed by atoms with E-state index >= 15 is 0 Å². The SMILES string of the molecule is CCn1nc(C(=O)N2CCO[C@H](c3ccncc3)C2)cc1C. The number of amides is 1. The molecule has 2 aromatic heterocycles. The first kappa shape index (κ1) is 14.7. The van der Waals surface area contributed by atoms with Crippen LogP contribution in [0.2, 0.25) is 0 Å². The van der Waals surface area contributed by atoms with Gasteiger partial charge >= 0.3 is 0 Å². The van der Waals surface area contributed by atoms with Crippen molar-refractivity contribution in [1.82, 2.24) is 19.7 Å².